The minimum absolute atomic E-state index is 0.0452. The van der Waals surface area contributed by atoms with Crippen molar-refractivity contribution in [1.29, 1.82) is 0 Å². The summed E-state index contributed by atoms with van der Waals surface area (Å²) in [6.07, 6.45) is 3.03. The predicted octanol–water partition coefficient (Wildman–Crippen LogP) is 2.00. The van der Waals surface area contributed by atoms with E-state index in [0.717, 1.165) is 76.2 Å². The Balaban J connectivity index is 1.37. The third kappa shape index (κ3) is 3.70. The monoisotopic (exact) mass is 396 g/mol. The highest BCUT2D eigenvalue weighted by molar-refractivity contribution is 5.39. The van der Waals surface area contributed by atoms with Crippen LogP contribution in [0.5, 0.6) is 5.75 Å². The Morgan fingerprint density at radius 2 is 2.07 bits per heavy atom. The summed E-state index contributed by atoms with van der Waals surface area (Å²) in [5, 5.41) is 0. The molecule has 1 aromatic carbocycles. The summed E-state index contributed by atoms with van der Waals surface area (Å²) < 4.78 is 16.9. The number of hydrogen-bond acceptors (Lipinski definition) is 7. The molecule has 1 spiro atoms. The summed E-state index contributed by atoms with van der Waals surface area (Å²) >= 11 is 0. The van der Waals surface area contributed by atoms with Crippen molar-refractivity contribution in [2.75, 3.05) is 58.0 Å². The van der Waals surface area contributed by atoms with Crippen LogP contribution in [0.3, 0.4) is 0 Å². The zero-order valence-electron chi connectivity index (χ0n) is 17.0. The summed E-state index contributed by atoms with van der Waals surface area (Å²) in [7, 11) is 1.71. The van der Waals surface area contributed by atoms with Crippen molar-refractivity contribution < 1.29 is 14.2 Å². The molecule has 1 aromatic heterocycles. The van der Waals surface area contributed by atoms with Gasteiger partial charge in [-0.3, -0.25) is 4.90 Å². The van der Waals surface area contributed by atoms with Crippen molar-refractivity contribution in [2.45, 2.75) is 25.0 Å². The molecule has 0 amide bonds. The summed E-state index contributed by atoms with van der Waals surface area (Å²) in [6.45, 7) is 7.43. The van der Waals surface area contributed by atoms with Crippen LogP contribution in [0.15, 0.2) is 30.5 Å². The standard InChI is InChI=1S/C22H28N4O3/c1-27-19-4-2-3-17(11-19)13-25-6-5-22(15-25)16-29-14-18-12-23-21(24-20(18)22)26-7-9-28-10-8-26/h2-4,11-12H,5-10,13-16H2,1H3. The van der Waals surface area contributed by atoms with E-state index >= 15 is 0 Å². The Morgan fingerprint density at radius 1 is 1.17 bits per heavy atom. The molecule has 4 heterocycles. The van der Waals surface area contributed by atoms with Gasteiger partial charge in [0.15, 0.2) is 0 Å². The van der Waals surface area contributed by atoms with E-state index in [-0.39, 0.29) is 5.41 Å². The molecule has 0 saturated carbocycles. The highest BCUT2D eigenvalue weighted by atomic mass is 16.5. The van der Waals surface area contributed by atoms with Gasteiger partial charge in [-0.1, -0.05) is 12.1 Å². The molecule has 0 bridgehead atoms. The number of morpholine rings is 1. The van der Waals surface area contributed by atoms with E-state index < -0.39 is 0 Å². The summed E-state index contributed by atoms with van der Waals surface area (Å²) in [4.78, 5) is 14.4. The van der Waals surface area contributed by atoms with E-state index in [2.05, 4.69) is 33.0 Å². The maximum absolute atomic E-state index is 5.99. The van der Waals surface area contributed by atoms with E-state index in [1.807, 2.05) is 12.3 Å². The number of aromatic nitrogens is 2. The Labute approximate surface area is 171 Å². The number of hydrogen-bond donors (Lipinski definition) is 0. The molecule has 2 fully saturated rings. The topological polar surface area (TPSA) is 60.0 Å². The Morgan fingerprint density at radius 3 is 2.93 bits per heavy atom. The van der Waals surface area contributed by atoms with Crippen LogP contribution in [0.2, 0.25) is 0 Å². The van der Waals surface area contributed by atoms with E-state index in [1.54, 1.807) is 7.11 Å². The van der Waals surface area contributed by atoms with Crippen molar-refractivity contribution in [3.8, 4) is 5.75 Å². The van der Waals surface area contributed by atoms with Crippen LogP contribution in [0, 0.1) is 0 Å². The SMILES string of the molecule is COc1cccc(CN2CCC3(COCc4cnc(N5CCOCC5)nc43)C2)c1. The van der Waals surface area contributed by atoms with Crippen molar-refractivity contribution in [3.63, 3.8) is 0 Å². The van der Waals surface area contributed by atoms with Crippen molar-refractivity contribution >= 4 is 5.95 Å². The molecule has 0 radical (unpaired) electrons. The average Bonchev–Trinajstić information content (AvgIpc) is 3.17. The van der Waals surface area contributed by atoms with Crippen LogP contribution in [0.1, 0.15) is 23.2 Å². The van der Waals surface area contributed by atoms with Crippen LogP contribution in [0.4, 0.5) is 5.95 Å². The molecule has 5 rings (SSSR count). The highest BCUT2D eigenvalue weighted by Crippen LogP contribution is 2.40. The molecular weight excluding hydrogens is 368 g/mol. The molecule has 3 aliphatic rings. The number of rotatable bonds is 4. The number of ether oxygens (including phenoxy) is 3. The summed E-state index contributed by atoms with van der Waals surface area (Å²) in [6, 6.07) is 8.33. The Hall–Kier alpha value is -2.22. The molecule has 7 heteroatoms. The zero-order valence-corrected chi connectivity index (χ0v) is 17.0. The lowest BCUT2D eigenvalue weighted by Crippen LogP contribution is -2.42. The molecule has 154 valence electrons. The maximum atomic E-state index is 5.99. The van der Waals surface area contributed by atoms with Gasteiger partial charge in [0.25, 0.3) is 0 Å². The second-order valence-electron chi connectivity index (χ2n) is 8.23. The summed E-state index contributed by atoms with van der Waals surface area (Å²) in [5.74, 6) is 1.74. The molecule has 3 aliphatic heterocycles. The first-order valence-corrected chi connectivity index (χ1v) is 10.4. The first kappa shape index (κ1) is 18.8. The van der Waals surface area contributed by atoms with Gasteiger partial charge in [-0.05, 0) is 30.7 Å². The van der Waals surface area contributed by atoms with Gasteiger partial charge in [0.1, 0.15) is 5.75 Å². The molecule has 0 aliphatic carbocycles. The Bertz CT molecular complexity index is 871. The second-order valence-corrected chi connectivity index (χ2v) is 8.23. The van der Waals surface area contributed by atoms with Gasteiger partial charge in [0.05, 0.1) is 44.6 Å². The third-order valence-corrected chi connectivity index (χ3v) is 6.26. The van der Waals surface area contributed by atoms with E-state index in [4.69, 9.17) is 19.2 Å². The smallest absolute Gasteiger partial charge is 0.225 e. The summed E-state index contributed by atoms with van der Waals surface area (Å²) in [5.41, 5.74) is 3.55. The number of fused-ring (bicyclic) bond motifs is 2. The van der Waals surface area contributed by atoms with Gasteiger partial charge in [-0.15, -0.1) is 0 Å². The van der Waals surface area contributed by atoms with Crippen molar-refractivity contribution in [3.05, 3.63) is 47.3 Å². The van der Waals surface area contributed by atoms with Gasteiger partial charge in [-0.2, -0.15) is 0 Å². The first-order chi connectivity index (χ1) is 14.3. The number of anilines is 1. The van der Waals surface area contributed by atoms with Gasteiger partial charge >= 0.3 is 0 Å². The Kier molecular flexibility index (Phi) is 5.11. The van der Waals surface area contributed by atoms with E-state index in [1.165, 1.54) is 11.3 Å². The second kappa shape index (κ2) is 7.89. The van der Waals surface area contributed by atoms with E-state index in [9.17, 15) is 0 Å². The van der Waals surface area contributed by atoms with Crippen LogP contribution in [0.25, 0.3) is 0 Å². The normalized spacial score (nSPS) is 24.7. The van der Waals surface area contributed by atoms with Crippen LogP contribution >= 0.6 is 0 Å². The third-order valence-electron chi connectivity index (χ3n) is 6.26. The molecule has 2 aromatic rings. The lowest BCUT2D eigenvalue weighted by Gasteiger charge is -2.35. The van der Waals surface area contributed by atoms with Gasteiger partial charge in [-0.25, -0.2) is 9.97 Å². The number of methoxy groups -OCH3 is 1. The lowest BCUT2D eigenvalue weighted by molar-refractivity contribution is 0.0502. The molecule has 29 heavy (non-hydrogen) atoms. The fraction of sp³-hybridized carbons (Fsp3) is 0.545. The molecule has 1 atom stereocenters. The molecule has 0 N–H and O–H groups in total. The minimum Gasteiger partial charge on any atom is -0.497 e. The molecular formula is C22H28N4O3. The first-order valence-electron chi connectivity index (χ1n) is 10.4. The van der Waals surface area contributed by atoms with Crippen LogP contribution in [-0.4, -0.2) is 68.0 Å². The average molecular weight is 396 g/mol. The largest absolute Gasteiger partial charge is 0.497 e. The van der Waals surface area contributed by atoms with Crippen LogP contribution in [-0.2, 0) is 28.0 Å². The number of benzene rings is 1. The van der Waals surface area contributed by atoms with Gasteiger partial charge < -0.3 is 19.1 Å². The van der Waals surface area contributed by atoms with Crippen molar-refractivity contribution in [2.24, 2.45) is 0 Å². The van der Waals surface area contributed by atoms with Gasteiger partial charge in [0.2, 0.25) is 5.95 Å². The number of likely N-dealkylation sites (tertiary alicyclic amines) is 1. The fourth-order valence-corrected chi connectivity index (χ4v) is 4.74. The van der Waals surface area contributed by atoms with E-state index in [0.29, 0.717) is 6.61 Å². The molecule has 7 nitrogen and oxygen atoms in total. The molecule has 2 saturated heterocycles. The van der Waals surface area contributed by atoms with Gasteiger partial charge in [0, 0.05) is 37.9 Å². The minimum atomic E-state index is -0.0452. The highest BCUT2D eigenvalue weighted by Gasteiger charge is 2.45. The fourth-order valence-electron chi connectivity index (χ4n) is 4.74. The van der Waals surface area contributed by atoms with Crippen molar-refractivity contribution in [1.82, 2.24) is 14.9 Å². The lowest BCUT2D eigenvalue weighted by atomic mass is 9.80. The number of nitrogens with zero attached hydrogens (tertiary/aromatic N) is 4. The quantitative estimate of drug-likeness (QED) is 0.783. The predicted molar refractivity (Wildman–Crippen MR) is 109 cm³/mol. The maximum Gasteiger partial charge on any atom is 0.225 e. The van der Waals surface area contributed by atoms with Crippen LogP contribution < -0.4 is 9.64 Å². The zero-order chi connectivity index (χ0) is 19.7. The molecule has 1 unspecified atom stereocenters.